The van der Waals surface area contributed by atoms with Gasteiger partial charge in [-0.1, -0.05) is 49.6 Å². The van der Waals surface area contributed by atoms with E-state index in [-0.39, 0.29) is 12.6 Å². The third-order valence-corrected chi connectivity index (χ3v) is 4.81. The van der Waals surface area contributed by atoms with E-state index in [9.17, 15) is 13.2 Å². The number of hydrogen-bond acceptors (Lipinski definition) is 4. The van der Waals surface area contributed by atoms with Crippen LogP contribution in [0.15, 0.2) is 30.3 Å². The standard InChI is InChI=1S/C15H21NO4S/c1-21(18,19)16(14-10-6-3-7-11-14)15(17)20-12-13-8-4-2-5-9-13/h2,4-5,8-9,14H,3,6-7,10-12H2,1H3. The van der Waals surface area contributed by atoms with Gasteiger partial charge in [-0.25, -0.2) is 17.5 Å². The van der Waals surface area contributed by atoms with Crippen LogP contribution in [-0.4, -0.2) is 31.1 Å². The molecule has 6 heteroatoms. The van der Waals surface area contributed by atoms with Crippen molar-refractivity contribution in [2.45, 2.75) is 44.8 Å². The molecular formula is C15H21NO4S. The lowest BCUT2D eigenvalue weighted by Crippen LogP contribution is -2.45. The number of amides is 1. The molecule has 0 aromatic heterocycles. The van der Waals surface area contributed by atoms with Crippen molar-refractivity contribution in [3.63, 3.8) is 0 Å². The maximum absolute atomic E-state index is 12.2. The summed E-state index contributed by atoms with van der Waals surface area (Å²) in [7, 11) is -3.61. The van der Waals surface area contributed by atoms with E-state index in [2.05, 4.69) is 0 Å². The first-order valence-corrected chi connectivity index (χ1v) is 9.03. The van der Waals surface area contributed by atoms with E-state index < -0.39 is 16.1 Å². The zero-order valence-corrected chi connectivity index (χ0v) is 13.0. The van der Waals surface area contributed by atoms with Crippen LogP contribution in [-0.2, 0) is 21.4 Å². The summed E-state index contributed by atoms with van der Waals surface area (Å²) in [5.41, 5.74) is 0.836. The van der Waals surface area contributed by atoms with Gasteiger partial charge in [-0.2, -0.15) is 0 Å². The third kappa shape index (κ3) is 4.46. The lowest BCUT2D eigenvalue weighted by Gasteiger charge is -2.31. The molecule has 0 bridgehead atoms. The van der Waals surface area contributed by atoms with Gasteiger partial charge in [0.05, 0.1) is 12.3 Å². The molecule has 2 rings (SSSR count). The molecule has 5 nitrogen and oxygen atoms in total. The minimum atomic E-state index is -3.61. The van der Waals surface area contributed by atoms with Crippen molar-refractivity contribution in [3.8, 4) is 0 Å². The Bertz CT molecular complexity index is 565. The highest BCUT2D eigenvalue weighted by molar-refractivity contribution is 7.88. The summed E-state index contributed by atoms with van der Waals surface area (Å²) < 4.78 is 29.9. The third-order valence-electron chi connectivity index (χ3n) is 3.65. The predicted octanol–water partition coefficient (Wildman–Crippen LogP) is 2.92. The van der Waals surface area contributed by atoms with Crippen LogP contribution in [0.5, 0.6) is 0 Å². The highest BCUT2D eigenvalue weighted by Gasteiger charge is 2.33. The van der Waals surface area contributed by atoms with Gasteiger partial charge in [-0.15, -0.1) is 0 Å². The van der Waals surface area contributed by atoms with E-state index >= 15 is 0 Å². The molecule has 116 valence electrons. The van der Waals surface area contributed by atoms with E-state index in [4.69, 9.17) is 4.74 Å². The molecule has 1 amide bonds. The molecule has 0 spiro atoms. The van der Waals surface area contributed by atoms with Crippen molar-refractivity contribution in [2.75, 3.05) is 6.26 Å². The van der Waals surface area contributed by atoms with Crippen LogP contribution in [0.3, 0.4) is 0 Å². The predicted molar refractivity (Wildman–Crippen MR) is 80.2 cm³/mol. The second kappa shape index (κ2) is 6.93. The number of sulfonamides is 1. The lowest BCUT2D eigenvalue weighted by atomic mass is 9.96. The van der Waals surface area contributed by atoms with Gasteiger partial charge in [0.15, 0.2) is 0 Å². The fraction of sp³-hybridized carbons (Fsp3) is 0.533. The van der Waals surface area contributed by atoms with Crippen molar-refractivity contribution < 1.29 is 17.9 Å². The molecule has 0 unspecified atom stereocenters. The topological polar surface area (TPSA) is 63.7 Å². The summed E-state index contributed by atoms with van der Waals surface area (Å²) in [6, 6.07) is 8.96. The van der Waals surface area contributed by atoms with Gasteiger partial charge in [-0.3, -0.25) is 0 Å². The molecule has 1 aliphatic rings. The van der Waals surface area contributed by atoms with Gasteiger partial charge < -0.3 is 4.74 Å². The van der Waals surface area contributed by atoms with Crippen LogP contribution < -0.4 is 0 Å². The number of carbonyl (C=O) groups is 1. The Balaban J connectivity index is 2.04. The lowest BCUT2D eigenvalue weighted by molar-refractivity contribution is 0.104. The summed E-state index contributed by atoms with van der Waals surface area (Å²) in [6.45, 7) is 0.0818. The molecule has 0 radical (unpaired) electrons. The quantitative estimate of drug-likeness (QED) is 0.857. The van der Waals surface area contributed by atoms with Gasteiger partial charge in [0.25, 0.3) is 0 Å². The molecule has 0 atom stereocenters. The first-order chi connectivity index (χ1) is 9.98. The number of hydrogen-bond donors (Lipinski definition) is 0. The fourth-order valence-corrected chi connectivity index (χ4v) is 3.73. The maximum atomic E-state index is 12.2. The SMILES string of the molecule is CS(=O)(=O)N(C(=O)OCc1ccccc1)C1CCCCC1. The van der Waals surface area contributed by atoms with Crippen molar-refractivity contribution in [1.29, 1.82) is 0 Å². The highest BCUT2D eigenvalue weighted by atomic mass is 32.2. The second-order valence-electron chi connectivity index (χ2n) is 5.39. The number of rotatable bonds is 4. The van der Waals surface area contributed by atoms with Gasteiger partial charge in [0.1, 0.15) is 6.61 Å². The van der Waals surface area contributed by atoms with E-state index in [0.29, 0.717) is 12.8 Å². The Hall–Kier alpha value is -1.56. The molecule has 1 aliphatic carbocycles. The molecule has 1 saturated carbocycles. The summed E-state index contributed by atoms with van der Waals surface area (Å²) in [5.74, 6) is 0. The van der Waals surface area contributed by atoms with E-state index in [1.165, 1.54) is 0 Å². The van der Waals surface area contributed by atoms with Gasteiger partial charge in [0.2, 0.25) is 10.0 Å². The summed E-state index contributed by atoms with van der Waals surface area (Å²) in [4.78, 5) is 12.2. The molecule has 1 aromatic carbocycles. The Morgan fingerprint density at radius 3 is 2.38 bits per heavy atom. The number of benzene rings is 1. The van der Waals surface area contributed by atoms with E-state index in [1.807, 2.05) is 30.3 Å². The molecular weight excluding hydrogens is 290 g/mol. The number of ether oxygens (including phenoxy) is 1. The fourth-order valence-electron chi connectivity index (χ4n) is 2.65. The van der Waals surface area contributed by atoms with Gasteiger partial charge in [-0.05, 0) is 18.4 Å². The van der Waals surface area contributed by atoms with Crippen LogP contribution >= 0.6 is 0 Å². The molecule has 21 heavy (non-hydrogen) atoms. The van der Waals surface area contributed by atoms with Gasteiger partial charge in [0, 0.05) is 0 Å². The smallest absolute Gasteiger partial charge is 0.424 e. The minimum absolute atomic E-state index is 0.0818. The summed E-state index contributed by atoms with van der Waals surface area (Å²) in [5, 5.41) is 0. The minimum Gasteiger partial charge on any atom is -0.444 e. The van der Waals surface area contributed by atoms with Crippen LogP contribution in [0.4, 0.5) is 4.79 Å². The Morgan fingerprint density at radius 2 is 1.81 bits per heavy atom. The largest absolute Gasteiger partial charge is 0.444 e. The maximum Gasteiger partial charge on any atom is 0.424 e. The molecule has 1 fully saturated rings. The Morgan fingerprint density at radius 1 is 1.19 bits per heavy atom. The first kappa shape index (κ1) is 15.8. The first-order valence-electron chi connectivity index (χ1n) is 7.18. The summed E-state index contributed by atoms with van der Waals surface area (Å²) >= 11 is 0. The van der Waals surface area contributed by atoms with Crippen LogP contribution in [0.2, 0.25) is 0 Å². The van der Waals surface area contributed by atoms with Crippen LogP contribution in [0.1, 0.15) is 37.7 Å². The van der Waals surface area contributed by atoms with Crippen molar-refractivity contribution in [2.24, 2.45) is 0 Å². The van der Waals surface area contributed by atoms with Crippen molar-refractivity contribution in [3.05, 3.63) is 35.9 Å². The zero-order chi connectivity index (χ0) is 15.3. The number of nitrogens with zero attached hydrogens (tertiary/aromatic N) is 1. The summed E-state index contributed by atoms with van der Waals surface area (Å²) in [6.07, 6.45) is 4.71. The van der Waals surface area contributed by atoms with Crippen LogP contribution in [0, 0.1) is 0 Å². The van der Waals surface area contributed by atoms with E-state index in [1.54, 1.807) is 0 Å². The van der Waals surface area contributed by atoms with E-state index in [0.717, 1.165) is 35.4 Å². The molecule has 0 heterocycles. The van der Waals surface area contributed by atoms with Gasteiger partial charge >= 0.3 is 6.09 Å². The van der Waals surface area contributed by atoms with Crippen LogP contribution in [0.25, 0.3) is 0 Å². The number of carbonyl (C=O) groups excluding carboxylic acids is 1. The Kier molecular flexibility index (Phi) is 5.22. The Labute approximate surface area is 126 Å². The van der Waals surface area contributed by atoms with Crippen molar-refractivity contribution >= 4 is 16.1 Å². The molecule has 1 aromatic rings. The molecule has 0 N–H and O–H groups in total. The second-order valence-corrected chi connectivity index (χ2v) is 7.25. The normalized spacial score (nSPS) is 16.4. The molecule has 0 saturated heterocycles. The monoisotopic (exact) mass is 311 g/mol. The highest BCUT2D eigenvalue weighted by Crippen LogP contribution is 2.25. The molecule has 0 aliphatic heterocycles. The average Bonchev–Trinajstić information content (AvgIpc) is 2.46. The zero-order valence-electron chi connectivity index (χ0n) is 12.2. The average molecular weight is 311 g/mol. The van der Waals surface area contributed by atoms with Crippen molar-refractivity contribution in [1.82, 2.24) is 4.31 Å².